The maximum absolute atomic E-state index is 5.51. The van der Waals surface area contributed by atoms with Crippen molar-refractivity contribution in [1.82, 2.24) is 4.98 Å². The minimum Gasteiger partial charge on any atom is -0.493 e. The highest BCUT2D eigenvalue weighted by molar-refractivity contribution is 5.29. The maximum Gasteiger partial charge on any atom is 0.126 e. The third-order valence-corrected chi connectivity index (χ3v) is 1.66. The number of hydrogen-bond acceptors (Lipinski definition) is 3. The van der Waals surface area contributed by atoms with Crippen molar-refractivity contribution in [3.8, 4) is 5.75 Å². The predicted molar refractivity (Wildman–Crippen MR) is 52.4 cm³/mol. The summed E-state index contributed by atoms with van der Waals surface area (Å²) in [6.07, 6.45) is 6.08. The van der Waals surface area contributed by atoms with Crippen molar-refractivity contribution in [2.45, 2.75) is 13.0 Å². The molecule has 3 heteroatoms. The molecule has 13 heavy (non-hydrogen) atoms. The minimum absolute atomic E-state index is 0.456. The van der Waals surface area contributed by atoms with E-state index in [0.29, 0.717) is 13.2 Å². The molecule has 1 rings (SSSR count). The Hall–Kier alpha value is -1.35. The Morgan fingerprint density at radius 1 is 1.62 bits per heavy atom. The second-order valence-electron chi connectivity index (χ2n) is 2.61. The Labute approximate surface area is 78.2 Å². The summed E-state index contributed by atoms with van der Waals surface area (Å²) in [6, 6.07) is 1.82. The van der Waals surface area contributed by atoms with E-state index in [0.717, 1.165) is 17.7 Å². The summed E-state index contributed by atoms with van der Waals surface area (Å²) in [4.78, 5) is 3.96. The van der Waals surface area contributed by atoms with Gasteiger partial charge in [0.15, 0.2) is 0 Å². The number of ether oxygens (including phenoxy) is 1. The fraction of sp³-hybridized carbons (Fsp3) is 0.300. The molecule has 0 aliphatic heterocycles. The zero-order chi connectivity index (χ0) is 9.52. The SMILES string of the molecule is C=CCCOc1ccncc1CN. The van der Waals surface area contributed by atoms with Crippen LogP contribution in [-0.2, 0) is 6.54 Å². The summed E-state index contributed by atoms with van der Waals surface area (Å²) >= 11 is 0. The highest BCUT2D eigenvalue weighted by atomic mass is 16.5. The average Bonchev–Trinajstić information content (AvgIpc) is 2.19. The normalized spacial score (nSPS) is 9.62. The Morgan fingerprint density at radius 2 is 2.46 bits per heavy atom. The highest BCUT2D eigenvalue weighted by Gasteiger charge is 1.99. The topological polar surface area (TPSA) is 48.1 Å². The Balaban J connectivity index is 2.58. The molecule has 0 saturated heterocycles. The van der Waals surface area contributed by atoms with Crippen LogP contribution >= 0.6 is 0 Å². The van der Waals surface area contributed by atoms with E-state index in [1.54, 1.807) is 12.4 Å². The van der Waals surface area contributed by atoms with Crippen molar-refractivity contribution >= 4 is 0 Å². The largest absolute Gasteiger partial charge is 0.493 e. The van der Waals surface area contributed by atoms with Gasteiger partial charge in [-0.25, -0.2) is 0 Å². The van der Waals surface area contributed by atoms with E-state index in [2.05, 4.69) is 11.6 Å². The molecular formula is C10H14N2O. The molecule has 0 aromatic carbocycles. The number of nitrogens with two attached hydrogens (primary N) is 1. The van der Waals surface area contributed by atoms with Crippen LogP contribution in [0.3, 0.4) is 0 Å². The number of pyridine rings is 1. The lowest BCUT2D eigenvalue weighted by molar-refractivity contribution is 0.321. The Morgan fingerprint density at radius 3 is 3.15 bits per heavy atom. The smallest absolute Gasteiger partial charge is 0.126 e. The molecule has 0 bridgehead atoms. The van der Waals surface area contributed by atoms with Crippen LogP contribution in [0.2, 0.25) is 0 Å². The quantitative estimate of drug-likeness (QED) is 0.549. The number of rotatable bonds is 5. The van der Waals surface area contributed by atoms with Gasteiger partial charge in [-0.3, -0.25) is 4.98 Å². The van der Waals surface area contributed by atoms with Gasteiger partial charge in [0.2, 0.25) is 0 Å². The first-order valence-electron chi connectivity index (χ1n) is 4.25. The highest BCUT2D eigenvalue weighted by Crippen LogP contribution is 2.15. The molecule has 0 radical (unpaired) electrons. The van der Waals surface area contributed by atoms with Gasteiger partial charge >= 0.3 is 0 Å². The molecule has 1 heterocycles. The zero-order valence-electron chi connectivity index (χ0n) is 7.57. The first kappa shape index (κ1) is 9.74. The number of nitrogens with zero attached hydrogens (tertiary/aromatic N) is 1. The third-order valence-electron chi connectivity index (χ3n) is 1.66. The van der Waals surface area contributed by atoms with Gasteiger partial charge in [0.25, 0.3) is 0 Å². The van der Waals surface area contributed by atoms with Crippen LogP contribution in [0.1, 0.15) is 12.0 Å². The second-order valence-corrected chi connectivity index (χ2v) is 2.61. The van der Waals surface area contributed by atoms with Gasteiger partial charge in [-0.05, 0) is 12.5 Å². The molecule has 0 aliphatic carbocycles. The summed E-state index contributed by atoms with van der Waals surface area (Å²) in [5.74, 6) is 0.819. The first-order chi connectivity index (χ1) is 6.38. The lowest BCUT2D eigenvalue weighted by atomic mass is 10.2. The summed E-state index contributed by atoms with van der Waals surface area (Å²) < 4.78 is 5.48. The molecule has 2 N–H and O–H groups in total. The van der Waals surface area contributed by atoms with Gasteiger partial charge in [-0.1, -0.05) is 6.08 Å². The summed E-state index contributed by atoms with van der Waals surface area (Å²) in [6.45, 7) is 4.71. The van der Waals surface area contributed by atoms with Gasteiger partial charge in [0, 0.05) is 24.5 Å². The van der Waals surface area contributed by atoms with E-state index >= 15 is 0 Å². The van der Waals surface area contributed by atoms with E-state index in [9.17, 15) is 0 Å². The van der Waals surface area contributed by atoms with Crippen LogP contribution in [0.25, 0.3) is 0 Å². The van der Waals surface area contributed by atoms with E-state index in [-0.39, 0.29) is 0 Å². The van der Waals surface area contributed by atoms with Gasteiger partial charge in [0.1, 0.15) is 5.75 Å². The molecule has 1 aromatic heterocycles. The van der Waals surface area contributed by atoms with Gasteiger partial charge in [-0.15, -0.1) is 6.58 Å². The van der Waals surface area contributed by atoms with Gasteiger partial charge in [0.05, 0.1) is 6.61 Å². The molecule has 0 fully saturated rings. The van der Waals surface area contributed by atoms with E-state index in [1.165, 1.54) is 0 Å². The van der Waals surface area contributed by atoms with Crippen LogP contribution in [0.5, 0.6) is 5.75 Å². The first-order valence-corrected chi connectivity index (χ1v) is 4.25. The predicted octanol–water partition coefficient (Wildman–Crippen LogP) is 1.50. The fourth-order valence-corrected chi connectivity index (χ4v) is 0.961. The van der Waals surface area contributed by atoms with Crippen molar-refractivity contribution < 1.29 is 4.74 Å². The van der Waals surface area contributed by atoms with E-state index in [1.807, 2.05) is 12.1 Å². The van der Waals surface area contributed by atoms with Crippen LogP contribution in [-0.4, -0.2) is 11.6 Å². The molecule has 0 unspecified atom stereocenters. The summed E-state index contributed by atoms with van der Waals surface area (Å²) in [5, 5.41) is 0. The van der Waals surface area contributed by atoms with Crippen LogP contribution in [0, 0.1) is 0 Å². The number of aromatic nitrogens is 1. The minimum atomic E-state index is 0.456. The molecule has 0 spiro atoms. The molecular weight excluding hydrogens is 164 g/mol. The van der Waals surface area contributed by atoms with Crippen LogP contribution in [0.4, 0.5) is 0 Å². The molecule has 0 amide bonds. The summed E-state index contributed by atoms with van der Waals surface area (Å²) in [5.41, 5.74) is 6.45. The molecule has 0 saturated carbocycles. The van der Waals surface area contributed by atoms with Crippen molar-refractivity contribution in [1.29, 1.82) is 0 Å². The van der Waals surface area contributed by atoms with Crippen LogP contribution in [0.15, 0.2) is 31.1 Å². The maximum atomic E-state index is 5.51. The van der Waals surface area contributed by atoms with Gasteiger partial charge < -0.3 is 10.5 Å². The van der Waals surface area contributed by atoms with E-state index < -0.39 is 0 Å². The lowest BCUT2D eigenvalue weighted by Gasteiger charge is -2.07. The third kappa shape index (κ3) is 2.87. The van der Waals surface area contributed by atoms with Crippen LogP contribution < -0.4 is 10.5 Å². The monoisotopic (exact) mass is 178 g/mol. The molecule has 0 aliphatic rings. The van der Waals surface area contributed by atoms with Crippen molar-refractivity contribution in [2.75, 3.05) is 6.61 Å². The fourth-order valence-electron chi connectivity index (χ4n) is 0.961. The summed E-state index contributed by atoms with van der Waals surface area (Å²) in [7, 11) is 0. The second kappa shape index (κ2) is 5.32. The lowest BCUT2D eigenvalue weighted by Crippen LogP contribution is -2.03. The van der Waals surface area contributed by atoms with Crippen molar-refractivity contribution in [2.24, 2.45) is 5.73 Å². The molecule has 70 valence electrons. The molecule has 0 atom stereocenters. The van der Waals surface area contributed by atoms with Gasteiger partial charge in [-0.2, -0.15) is 0 Å². The average molecular weight is 178 g/mol. The Kier molecular flexibility index (Phi) is 3.99. The van der Waals surface area contributed by atoms with Crippen molar-refractivity contribution in [3.05, 3.63) is 36.7 Å². The van der Waals surface area contributed by atoms with Crippen molar-refractivity contribution in [3.63, 3.8) is 0 Å². The number of hydrogen-bond donors (Lipinski definition) is 1. The Bertz CT molecular complexity index is 273. The molecule has 1 aromatic rings. The zero-order valence-corrected chi connectivity index (χ0v) is 7.57. The molecule has 3 nitrogen and oxygen atoms in total. The van der Waals surface area contributed by atoms with E-state index in [4.69, 9.17) is 10.5 Å². The standard InChI is InChI=1S/C10H14N2O/c1-2-3-6-13-10-4-5-12-8-9(10)7-11/h2,4-5,8H,1,3,6-7,11H2.